The van der Waals surface area contributed by atoms with Gasteiger partial charge in [0.1, 0.15) is 6.61 Å². The van der Waals surface area contributed by atoms with Crippen molar-refractivity contribution < 1.29 is 4.74 Å². The van der Waals surface area contributed by atoms with E-state index in [0.29, 0.717) is 0 Å². The summed E-state index contributed by atoms with van der Waals surface area (Å²) in [6.07, 6.45) is 3.43. The molecule has 1 aromatic rings. The molecule has 0 aromatic carbocycles. The van der Waals surface area contributed by atoms with Crippen LogP contribution < -0.4 is 4.74 Å². The normalized spacial score (nSPS) is 10.7. The first-order valence-corrected chi connectivity index (χ1v) is 4.70. The first kappa shape index (κ1) is 10.1. The van der Waals surface area contributed by atoms with Crippen molar-refractivity contribution in [2.45, 2.75) is 13.8 Å². The topological polar surface area (TPSA) is 41.1 Å². The molecule has 1 heterocycles. The van der Waals surface area contributed by atoms with E-state index < -0.39 is 0 Å². The smallest absolute Gasteiger partial charge is 0.156 e. The summed E-state index contributed by atoms with van der Waals surface area (Å²) in [7, 11) is 0. The van der Waals surface area contributed by atoms with Crippen LogP contribution in [0.5, 0.6) is 5.75 Å². The molecule has 4 heteroatoms. The maximum Gasteiger partial charge on any atom is 0.156 e. The zero-order valence-corrected chi connectivity index (χ0v) is 8.29. The number of ether oxygens (including phenoxy) is 1. The standard InChI is InChI=1S/C9H17N3O/c1-3-12(4-2)5-6-13-9-7-10-11-8-9/h7-8H,3-6H2,1-2H3,(H,10,11). The molecule has 1 N–H and O–H groups in total. The third-order valence-electron chi connectivity index (χ3n) is 2.04. The van der Waals surface area contributed by atoms with Gasteiger partial charge in [0.15, 0.2) is 5.75 Å². The van der Waals surface area contributed by atoms with Gasteiger partial charge in [0.05, 0.1) is 12.4 Å². The van der Waals surface area contributed by atoms with Gasteiger partial charge < -0.3 is 9.64 Å². The van der Waals surface area contributed by atoms with Crippen LogP contribution in [0.1, 0.15) is 13.8 Å². The van der Waals surface area contributed by atoms with Gasteiger partial charge in [0.25, 0.3) is 0 Å². The molecule has 0 unspecified atom stereocenters. The van der Waals surface area contributed by atoms with Crippen LogP contribution in [0.2, 0.25) is 0 Å². The lowest BCUT2D eigenvalue weighted by Gasteiger charge is -2.17. The SMILES string of the molecule is CCN(CC)CCOc1cn[nH]c1. The largest absolute Gasteiger partial charge is 0.489 e. The van der Waals surface area contributed by atoms with Crippen molar-refractivity contribution in [3.63, 3.8) is 0 Å². The fourth-order valence-corrected chi connectivity index (χ4v) is 1.15. The van der Waals surface area contributed by atoms with Gasteiger partial charge in [-0.1, -0.05) is 13.8 Å². The second kappa shape index (κ2) is 5.59. The Morgan fingerprint density at radius 1 is 1.46 bits per heavy atom. The van der Waals surface area contributed by atoms with Crippen LogP contribution in [0.4, 0.5) is 0 Å². The lowest BCUT2D eigenvalue weighted by molar-refractivity contribution is 0.223. The average Bonchev–Trinajstić information content (AvgIpc) is 2.65. The van der Waals surface area contributed by atoms with E-state index in [1.165, 1.54) is 0 Å². The van der Waals surface area contributed by atoms with Gasteiger partial charge in [-0.15, -0.1) is 0 Å². The maximum atomic E-state index is 5.44. The summed E-state index contributed by atoms with van der Waals surface area (Å²) in [5.74, 6) is 0.812. The summed E-state index contributed by atoms with van der Waals surface area (Å²) in [6.45, 7) is 8.15. The van der Waals surface area contributed by atoms with Gasteiger partial charge in [-0.05, 0) is 13.1 Å². The van der Waals surface area contributed by atoms with Crippen molar-refractivity contribution in [1.82, 2.24) is 15.1 Å². The minimum absolute atomic E-state index is 0.723. The van der Waals surface area contributed by atoms with Crippen LogP contribution >= 0.6 is 0 Å². The van der Waals surface area contributed by atoms with Gasteiger partial charge in [-0.2, -0.15) is 5.10 Å². The molecule has 13 heavy (non-hydrogen) atoms. The second-order valence-corrected chi connectivity index (χ2v) is 2.81. The third kappa shape index (κ3) is 3.46. The van der Waals surface area contributed by atoms with E-state index in [9.17, 15) is 0 Å². The van der Waals surface area contributed by atoms with E-state index >= 15 is 0 Å². The van der Waals surface area contributed by atoms with Crippen molar-refractivity contribution in [2.75, 3.05) is 26.2 Å². The Morgan fingerprint density at radius 3 is 2.77 bits per heavy atom. The number of H-pyrrole nitrogens is 1. The van der Waals surface area contributed by atoms with Crippen molar-refractivity contribution >= 4 is 0 Å². The summed E-state index contributed by atoms with van der Waals surface area (Å²) < 4.78 is 5.44. The maximum absolute atomic E-state index is 5.44. The molecule has 0 bridgehead atoms. The molecule has 0 saturated carbocycles. The Labute approximate surface area is 78.9 Å². The van der Waals surface area contributed by atoms with Crippen molar-refractivity contribution in [2.24, 2.45) is 0 Å². The molecule has 0 aliphatic rings. The number of nitrogens with zero attached hydrogens (tertiary/aromatic N) is 2. The Kier molecular flexibility index (Phi) is 4.32. The molecule has 0 atom stereocenters. The number of hydrogen-bond acceptors (Lipinski definition) is 3. The van der Waals surface area contributed by atoms with Gasteiger partial charge in [-0.25, -0.2) is 0 Å². The fraction of sp³-hybridized carbons (Fsp3) is 0.667. The van der Waals surface area contributed by atoms with E-state index in [-0.39, 0.29) is 0 Å². The summed E-state index contributed by atoms with van der Waals surface area (Å²) in [6, 6.07) is 0. The summed E-state index contributed by atoms with van der Waals surface area (Å²) in [5, 5.41) is 6.50. The molecule has 1 aromatic heterocycles. The predicted octanol–water partition coefficient (Wildman–Crippen LogP) is 1.13. The molecule has 0 fully saturated rings. The van der Waals surface area contributed by atoms with E-state index in [0.717, 1.165) is 32.0 Å². The van der Waals surface area contributed by atoms with Gasteiger partial charge in [0.2, 0.25) is 0 Å². The highest BCUT2D eigenvalue weighted by atomic mass is 16.5. The lowest BCUT2D eigenvalue weighted by Crippen LogP contribution is -2.27. The van der Waals surface area contributed by atoms with Crippen LogP contribution in [0.15, 0.2) is 12.4 Å². The first-order valence-electron chi connectivity index (χ1n) is 4.70. The zero-order chi connectivity index (χ0) is 9.52. The minimum atomic E-state index is 0.723. The summed E-state index contributed by atoms with van der Waals surface area (Å²) in [4.78, 5) is 2.32. The highest BCUT2D eigenvalue weighted by Gasteiger charge is 1.99. The zero-order valence-electron chi connectivity index (χ0n) is 8.29. The van der Waals surface area contributed by atoms with Crippen molar-refractivity contribution in [1.29, 1.82) is 0 Å². The van der Waals surface area contributed by atoms with Gasteiger partial charge in [0, 0.05) is 6.54 Å². The molecule has 0 aliphatic heterocycles. The van der Waals surface area contributed by atoms with Gasteiger partial charge >= 0.3 is 0 Å². The highest BCUT2D eigenvalue weighted by Crippen LogP contribution is 2.04. The molecular weight excluding hydrogens is 166 g/mol. The molecule has 74 valence electrons. The number of aromatic amines is 1. The predicted molar refractivity (Wildman–Crippen MR) is 51.9 cm³/mol. The third-order valence-corrected chi connectivity index (χ3v) is 2.04. The highest BCUT2D eigenvalue weighted by molar-refractivity contribution is 5.09. The Hall–Kier alpha value is -1.03. The van der Waals surface area contributed by atoms with E-state index in [2.05, 4.69) is 28.9 Å². The summed E-state index contributed by atoms with van der Waals surface area (Å²) in [5.41, 5.74) is 0. The Bertz CT molecular complexity index is 207. The monoisotopic (exact) mass is 183 g/mol. The molecular formula is C9H17N3O. The Morgan fingerprint density at radius 2 is 2.23 bits per heavy atom. The average molecular weight is 183 g/mol. The van der Waals surface area contributed by atoms with E-state index in [1.54, 1.807) is 12.4 Å². The molecule has 0 saturated heterocycles. The molecule has 0 spiro atoms. The molecule has 0 amide bonds. The molecule has 0 aliphatic carbocycles. The van der Waals surface area contributed by atoms with Crippen LogP contribution in [-0.4, -0.2) is 41.3 Å². The number of likely N-dealkylation sites (N-methyl/N-ethyl adjacent to an activating group) is 1. The molecule has 0 radical (unpaired) electrons. The number of nitrogens with one attached hydrogen (secondary N) is 1. The first-order chi connectivity index (χ1) is 6.36. The van der Waals surface area contributed by atoms with E-state index in [1.807, 2.05) is 0 Å². The minimum Gasteiger partial charge on any atom is -0.489 e. The fourth-order valence-electron chi connectivity index (χ4n) is 1.15. The van der Waals surface area contributed by atoms with Crippen LogP contribution in [0.25, 0.3) is 0 Å². The number of rotatable bonds is 6. The van der Waals surface area contributed by atoms with Crippen LogP contribution in [0, 0.1) is 0 Å². The quantitative estimate of drug-likeness (QED) is 0.718. The molecule has 1 rings (SSSR count). The van der Waals surface area contributed by atoms with Gasteiger partial charge in [-0.3, -0.25) is 5.10 Å². The van der Waals surface area contributed by atoms with Crippen molar-refractivity contribution in [3.05, 3.63) is 12.4 Å². The van der Waals surface area contributed by atoms with E-state index in [4.69, 9.17) is 4.74 Å². The molecule has 4 nitrogen and oxygen atoms in total. The van der Waals surface area contributed by atoms with Crippen molar-refractivity contribution in [3.8, 4) is 5.75 Å². The lowest BCUT2D eigenvalue weighted by atomic mass is 10.5. The summed E-state index contributed by atoms with van der Waals surface area (Å²) >= 11 is 0. The van der Waals surface area contributed by atoms with Crippen LogP contribution in [-0.2, 0) is 0 Å². The number of hydrogen-bond donors (Lipinski definition) is 1. The van der Waals surface area contributed by atoms with Crippen LogP contribution in [0.3, 0.4) is 0 Å². The Balaban J connectivity index is 2.13. The number of aromatic nitrogens is 2. The second-order valence-electron chi connectivity index (χ2n) is 2.81.